The van der Waals surface area contributed by atoms with E-state index in [-0.39, 0.29) is 6.04 Å². The van der Waals surface area contributed by atoms with Crippen LogP contribution in [-0.2, 0) is 0 Å². The molecule has 1 rings (SSSR count). The van der Waals surface area contributed by atoms with Crippen LogP contribution in [0.4, 0.5) is 0 Å². The summed E-state index contributed by atoms with van der Waals surface area (Å²) in [5.41, 5.74) is 8.45. The number of aliphatic hydroxyl groups excluding tert-OH is 1. The number of benzene rings is 1. The Bertz CT molecular complexity index is 313. The van der Waals surface area contributed by atoms with Crippen LogP contribution in [0.15, 0.2) is 12.1 Å². The maximum atomic E-state index is 9.84. The minimum Gasteiger partial charge on any atom is -0.387 e. The molecule has 0 saturated carbocycles. The number of aliphatic hydroxyl groups is 1. The highest BCUT2D eigenvalue weighted by atomic mass is 35.5. The smallest absolute Gasteiger partial charge is 0.0955 e. The molecule has 0 bridgehead atoms. The Labute approximate surface area is 89.7 Å². The Morgan fingerprint density at radius 2 is 1.93 bits per heavy atom. The van der Waals surface area contributed by atoms with Crippen LogP contribution >= 0.6 is 11.6 Å². The van der Waals surface area contributed by atoms with Crippen LogP contribution < -0.4 is 5.73 Å². The number of halogens is 1. The topological polar surface area (TPSA) is 46.2 Å². The van der Waals surface area contributed by atoms with E-state index >= 15 is 0 Å². The van der Waals surface area contributed by atoms with Crippen molar-refractivity contribution in [2.24, 2.45) is 5.73 Å². The lowest BCUT2D eigenvalue weighted by Gasteiger charge is -2.19. The summed E-state index contributed by atoms with van der Waals surface area (Å²) in [7, 11) is 0. The molecule has 1 aromatic carbocycles. The van der Waals surface area contributed by atoms with E-state index in [1.165, 1.54) is 0 Å². The van der Waals surface area contributed by atoms with Crippen LogP contribution in [0.3, 0.4) is 0 Å². The molecule has 3 heteroatoms. The normalized spacial score (nSPS) is 15.3. The van der Waals surface area contributed by atoms with Crippen molar-refractivity contribution in [2.75, 3.05) is 0 Å². The molecule has 0 radical (unpaired) electrons. The first kappa shape index (κ1) is 11.5. The van der Waals surface area contributed by atoms with Gasteiger partial charge in [0.2, 0.25) is 0 Å². The van der Waals surface area contributed by atoms with Gasteiger partial charge in [0.1, 0.15) is 0 Å². The molecule has 0 aliphatic carbocycles. The second-order valence-corrected chi connectivity index (χ2v) is 4.19. The highest BCUT2D eigenvalue weighted by Gasteiger charge is 2.18. The van der Waals surface area contributed by atoms with Crippen LogP contribution in [0.25, 0.3) is 0 Å². The molecule has 0 heterocycles. The number of hydrogen-bond acceptors (Lipinski definition) is 2. The van der Waals surface area contributed by atoms with E-state index in [0.717, 1.165) is 16.7 Å². The van der Waals surface area contributed by atoms with Crippen molar-refractivity contribution >= 4 is 11.6 Å². The lowest BCUT2D eigenvalue weighted by atomic mass is 9.97. The highest BCUT2D eigenvalue weighted by Crippen LogP contribution is 2.29. The fourth-order valence-corrected chi connectivity index (χ4v) is 2.00. The third-order valence-corrected chi connectivity index (χ3v) is 2.59. The molecule has 1 aromatic rings. The van der Waals surface area contributed by atoms with Gasteiger partial charge in [-0.25, -0.2) is 0 Å². The van der Waals surface area contributed by atoms with Crippen LogP contribution in [0, 0.1) is 13.8 Å². The molecule has 2 unspecified atom stereocenters. The zero-order valence-corrected chi connectivity index (χ0v) is 9.47. The van der Waals surface area contributed by atoms with Gasteiger partial charge in [-0.1, -0.05) is 17.7 Å². The van der Waals surface area contributed by atoms with Gasteiger partial charge in [-0.3, -0.25) is 0 Å². The maximum Gasteiger partial charge on any atom is 0.0955 e. The van der Waals surface area contributed by atoms with Crippen molar-refractivity contribution in [2.45, 2.75) is 32.9 Å². The number of aryl methyl sites for hydroxylation is 2. The van der Waals surface area contributed by atoms with Gasteiger partial charge >= 0.3 is 0 Å². The first-order valence-corrected chi connectivity index (χ1v) is 5.01. The minimum atomic E-state index is -0.692. The average molecular weight is 214 g/mol. The zero-order chi connectivity index (χ0) is 10.9. The fourth-order valence-electron chi connectivity index (χ4n) is 1.56. The van der Waals surface area contributed by atoms with Crippen molar-refractivity contribution in [3.8, 4) is 0 Å². The molecule has 0 amide bonds. The van der Waals surface area contributed by atoms with E-state index in [4.69, 9.17) is 17.3 Å². The van der Waals surface area contributed by atoms with Crippen molar-refractivity contribution in [3.05, 3.63) is 33.8 Å². The zero-order valence-electron chi connectivity index (χ0n) is 8.71. The molecule has 3 N–H and O–H groups in total. The summed E-state index contributed by atoms with van der Waals surface area (Å²) in [6, 6.07) is 3.52. The minimum absolute atomic E-state index is 0.311. The largest absolute Gasteiger partial charge is 0.387 e. The Morgan fingerprint density at radius 1 is 1.36 bits per heavy atom. The number of nitrogens with two attached hydrogens (primary N) is 1. The van der Waals surface area contributed by atoms with E-state index in [1.807, 2.05) is 26.0 Å². The molecule has 0 fully saturated rings. The standard InChI is InChI=1S/C11H16ClNO/c1-6-4-7(2)10(9(12)5-6)11(14)8(3)13/h4-5,8,11,14H,13H2,1-3H3. The molecule has 0 saturated heterocycles. The quantitative estimate of drug-likeness (QED) is 0.792. The van der Waals surface area contributed by atoms with Gasteiger partial charge in [0.15, 0.2) is 0 Å². The molecular weight excluding hydrogens is 198 g/mol. The molecule has 0 spiro atoms. The summed E-state index contributed by atoms with van der Waals surface area (Å²) >= 11 is 6.06. The molecule has 0 aliphatic heterocycles. The van der Waals surface area contributed by atoms with E-state index < -0.39 is 6.10 Å². The molecule has 78 valence electrons. The lowest BCUT2D eigenvalue weighted by Crippen LogP contribution is -2.25. The number of hydrogen-bond donors (Lipinski definition) is 2. The summed E-state index contributed by atoms with van der Waals surface area (Å²) in [6.07, 6.45) is -0.692. The maximum absolute atomic E-state index is 9.84. The Hall–Kier alpha value is -0.570. The van der Waals surface area contributed by atoms with Gasteiger partial charge in [0.05, 0.1) is 6.10 Å². The van der Waals surface area contributed by atoms with Gasteiger partial charge in [-0.2, -0.15) is 0 Å². The Morgan fingerprint density at radius 3 is 2.36 bits per heavy atom. The predicted octanol–water partition coefficient (Wildman–Crippen LogP) is 2.34. The van der Waals surface area contributed by atoms with E-state index in [0.29, 0.717) is 5.02 Å². The third kappa shape index (κ3) is 2.27. The predicted molar refractivity (Wildman–Crippen MR) is 59.5 cm³/mol. The first-order valence-electron chi connectivity index (χ1n) is 4.63. The second kappa shape index (κ2) is 4.30. The Balaban J connectivity index is 3.20. The van der Waals surface area contributed by atoms with Crippen molar-refractivity contribution in [1.29, 1.82) is 0 Å². The van der Waals surface area contributed by atoms with Gasteiger partial charge in [0, 0.05) is 16.6 Å². The SMILES string of the molecule is Cc1cc(C)c(C(O)C(C)N)c(Cl)c1. The number of rotatable bonds is 2. The van der Waals surface area contributed by atoms with Crippen LogP contribution in [-0.4, -0.2) is 11.1 Å². The third-order valence-electron chi connectivity index (χ3n) is 2.27. The summed E-state index contributed by atoms with van der Waals surface area (Å²) in [5.74, 6) is 0. The van der Waals surface area contributed by atoms with Crippen LogP contribution in [0.5, 0.6) is 0 Å². The van der Waals surface area contributed by atoms with E-state index in [2.05, 4.69) is 0 Å². The monoisotopic (exact) mass is 213 g/mol. The molecule has 14 heavy (non-hydrogen) atoms. The van der Waals surface area contributed by atoms with E-state index in [9.17, 15) is 5.11 Å². The van der Waals surface area contributed by atoms with Gasteiger partial charge in [-0.15, -0.1) is 0 Å². The second-order valence-electron chi connectivity index (χ2n) is 3.78. The molecule has 0 aliphatic rings. The molecule has 2 atom stereocenters. The summed E-state index contributed by atoms with van der Waals surface area (Å²) in [6.45, 7) is 5.67. The lowest BCUT2D eigenvalue weighted by molar-refractivity contribution is 0.153. The van der Waals surface area contributed by atoms with Crippen molar-refractivity contribution < 1.29 is 5.11 Å². The van der Waals surface area contributed by atoms with Crippen molar-refractivity contribution in [3.63, 3.8) is 0 Å². The summed E-state index contributed by atoms with van der Waals surface area (Å²) in [5, 5.41) is 10.4. The van der Waals surface area contributed by atoms with Gasteiger partial charge in [0.25, 0.3) is 0 Å². The molecule has 0 aromatic heterocycles. The molecular formula is C11H16ClNO. The summed E-state index contributed by atoms with van der Waals surface area (Å²) < 4.78 is 0. The van der Waals surface area contributed by atoms with Crippen molar-refractivity contribution in [1.82, 2.24) is 0 Å². The van der Waals surface area contributed by atoms with Crippen LogP contribution in [0.1, 0.15) is 29.7 Å². The fraction of sp³-hybridized carbons (Fsp3) is 0.455. The average Bonchev–Trinajstić information content (AvgIpc) is 2.01. The van der Waals surface area contributed by atoms with Crippen LogP contribution in [0.2, 0.25) is 5.02 Å². The Kier molecular flexibility index (Phi) is 3.53. The van der Waals surface area contributed by atoms with Gasteiger partial charge in [-0.05, 0) is 38.0 Å². The van der Waals surface area contributed by atoms with Gasteiger partial charge < -0.3 is 10.8 Å². The first-order chi connectivity index (χ1) is 6.43. The van der Waals surface area contributed by atoms with E-state index in [1.54, 1.807) is 6.92 Å². The highest BCUT2D eigenvalue weighted by molar-refractivity contribution is 6.31. The molecule has 2 nitrogen and oxygen atoms in total. The summed E-state index contributed by atoms with van der Waals surface area (Å²) in [4.78, 5) is 0.